The van der Waals surface area contributed by atoms with Crippen LogP contribution >= 0.6 is 15.9 Å². The molecule has 1 aliphatic heterocycles. The van der Waals surface area contributed by atoms with E-state index in [0.29, 0.717) is 24.5 Å². The molecule has 0 bridgehead atoms. The number of amides is 1. The summed E-state index contributed by atoms with van der Waals surface area (Å²) < 4.78 is 6.70. The monoisotopic (exact) mass is 382 g/mol. The van der Waals surface area contributed by atoms with Crippen LogP contribution in [0.5, 0.6) is 5.88 Å². The van der Waals surface area contributed by atoms with Crippen LogP contribution in [0, 0.1) is 0 Å². The highest BCUT2D eigenvalue weighted by molar-refractivity contribution is 9.10. The van der Waals surface area contributed by atoms with Crippen molar-refractivity contribution in [2.75, 3.05) is 13.1 Å². The molecule has 2 aromatic carbocycles. The first-order valence-corrected chi connectivity index (χ1v) is 8.56. The van der Waals surface area contributed by atoms with Gasteiger partial charge in [0.2, 0.25) is 5.88 Å². The average Bonchev–Trinajstić information content (AvgIpc) is 2.57. The molecular formula is C19H15BrN2O2. The van der Waals surface area contributed by atoms with Crippen LogP contribution in [0.25, 0.3) is 10.9 Å². The van der Waals surface area contributed by atoms with Gasteiger partial charge < -0.3 is 9.64 Å². The maximum absolute atomic E-state index is 12.4. The van der Waals surface area contributed by atoms with Crippen LogP contribution in [-0.2, 0) is 0 Å². The summed E-state index contributed by atoms with van der Waals surface area (Å²) >= 11 is 3.42. The van der Waals surface area contributed by atoms with Gasteiger partial charge in [-0.15, -0.1) is 0 Å². The van der Waals surface area contributed by atoms with E-state index < -0.39 is 0 Å². The number of pyridine rings is 1. The molecule has 0 saturated carbocycles. The number of halogens is 1. The molecule has 1 saturated heterocycles. The van der Waals surface area contributed by atoms with Gasteiger partial charge in [-0.25, -0.2) is 4.98 Å². The molecule has 0 radical (unpaired) electrons. The summed E-state index contributed by atoms with van der Waals surface area (Å²) in [5, 5.41) is 1.09. The van der Waals surface area contributed by atoms with Crippen molar-refractivity contribution in [1.82, 2.24) is 9.88 Å². The molecule has 5 heteroatoms. The normalized spacial score (nSPS) is 14.5. The molecule has 0 N–H and O–H groups in total. The predicted octanol–water partition coefficient (Wildman–Crippen LogP) is 3.90. The molecule has 1 amide bonds. The van der Waals surface area contributed by atoms with E-state index in [-0.39, 0.29) is 12.0 Å². The second-order valence-corrected chi connectivity index (χ2v) is 6.63. The van der Waals surface area contributed by atoms with Gasteiger partial charge in [0.05, 0.1) is 24.2 Å². The van der Waals surface area contributed by atoms with Gasteiger partial charge in [0, 0.05) is 15.9 Å². The Balaban J connectivity index is 1.40. The summed E-state index contributed by atoms with van der Waals surface area (Å²) in [7, 11) is 0. The van der Waals surface area contributed by atoms with Crippen LogP contribution in [0.3, 0.4) is 0 Å². The van der Waals surface area contributed by atoms with Gasteiger partial charge in [0.1, 0.15) is 6.10 Å². The molecular weight excluding hydrogens is 368 g/mol. The van der Waals surface area contributed by atoms with Crippen LogP contribution in [0.2, 0.25) is 0 Å². The van der Waals surface area contributed by atoms with Crippen LogP contribution in [-0.4, -0.2) is 35.0 Å². The van der Waals surface area contributed by atoms with Crippen molar-refractivity contribution < 1.29 is 9.53 Å². The Morgan fingerprint density at radius 3 is 2.62 bits per heavy atom. The van der Waals surface area contributed by atoms with E-state index in [4.69, 9.17) is 4.74 Å². The van der Waals surface area contributed by atoms with E-state index >= 15 is 0 Å². The highest BCUT2D eigenvalue weighted by Crippen LogP contribution is 2.23. The molecule has 0 atom stereocenters. The lowest BCUT2D eigenvalue weighted by Crippen LogP contribution is -2.56. The van der Waals surface area contributed by atoms with Gasteiger partial charge in [-0.1, -0.05) is 30.3 Å². The van der Waals surface area contributed by atoms with Crippen LogP contribution in [0.4, 0.5) is 0 Å². The topological polar surface area (TPSA) is 42.4 Å². The third-order valence-corrected chi connectivity index (χ3v) is 4.79. The number of rotatable bonds is 3. The van der Waals surface area contributed by atoms with Crippen molar-refractivity contribution in [2.45, 2.75) is 6.10 Å². The summed E-state index contributed by atoms with van der Waals surface area (Å²) in [4.78, 5) is 18.7. The number of carbonyl (C=O) groups is 1. The van der Waals surface area contributed by atoms with E-state index in [1.807, 2.05) is 60.7 Å². The van der Waals surface area contributed by atoms with Crippen molar-refractivity contribution in [1.29, 1.82) is 0 Å². The number of fused-ring (bicyclic) bond motifs is 1. The molecule has 24 heavy (non-hydrogen) atoms. The van der Waals surface area contributed by atoms with Gasteiger partial charge >= 0.3 is 0 Å². The maximum Gasteiger partial charge on any atom is 0.255 e. The number of aromatic nitrogens is 1. The van der Waals surface area contributed by atoms with Crippen molar-refractivity contribution in [3.8, 4) is 5.88 Å². The average molecular weight is 383 g/mol. The fourth-order valence-electron chi connectivity index (χ4n) is 2.77. The maximum atomic E-state index is 12.4. The van der Waals surface area contributed by atoms with Crippen LogP contribution in [0.15, 0.2) is 65.1 Å². The second kappa shape index (κ2) is 6.24. The lowest BCUT2D eigenvalue weighted by atomic mass is 10.1. The quantitative estimate of drug-likeness (QED) is 0.689. The molecule has 0 aliphatic carbocycles. The molecule has 4 nitrogen and oxygen atoms in total. The fourth-order valence-corrected chi connectivity index (χ4v) is 3.22. The fraction of sp³-hybridized carbons (Fsp3) is 0.158. The number of ether oxygens (including phenoxy) is 1. The number of nitrogens with zero attached hydrogens (tertiary/aromatic N) is 2. The molecule has 2 heterocycles. The largest absolute Gasteiger partial charge is 0.471 e. The Kier molecular flexibility index (Phi) is 3.94. The minimum absolute atomic E-state index is 0.00917. The van der Waals surface area contributed by atoms with Crippen molar-refractivity contribution in [3.63, 3.8) is 0 Å². The Morgan fingerprint density at radius 2 is 1.79 bits per heavy atom. The van der Waals surface area contributed by atoms with Gasteiger partial charge in [-0.3, -0.25) is 4.79 Å². The van der Waals surface area contributed by atoms with E-state index in [9.17, 15) is 4.79 Å². The SMILES string of the molecule is O=C(c1ccccc1Br)N1CC(Oc2ccc3ccccc3n2)C1. The number of carbonyl (C=O) groups excluding carboxylic acids is 1. The van der Waals surface area contributed by atoms with Crippen molar-refractivity contribution in [2.24, 2.45) is 0 Å². The first kappa shape index (κ1) is 15.1. The van der Waals surface area contributed by atoms with E-state index in [1.165, 1.54) is 0 Å². The van der Waals surface area contributed by atoms with Crippen molar-refractivity contribution in [3.05, 3.63) is 70.7 Å². The Hall–Kier alpha value is -2.40. The number of para-hydroxylation sites is 1. The Labute approximate surface area is 148 Å². The summed E-state index contributed by atoms with van der Waals surface area (Å²) in [5.74, 6) is 0.625. The van der Waals surface area contributed by atoms with E-state index in [2.05, 4.69) is 20.9 Å². The summed E-state index contributed by atoms with van der Waals surface area (Å²) in [6.07, 6.45) is -0.00917. The zero-order valence-corrected chi connectivity index (χ0v) is 14.4. The molecule has 120 valence electrons. The Morgan fingerprint density at radius 1 is 1.04 bits per heavy atom. The highest BCUT2D eigenvalue weighted by atomic mass is 79.9. The summed E-state index contributed by atoms with van der Waals surface area (Å²) in [6.45, 7) is 1.16. The molecule has 1 aliphatic rings. The number of benzene rings is 2. The summed E-state index contributed by atoms with van der Waals surface area (Å²) in [6, 6.07) is 19.3. The van der Waals surface area contributed by atoms with Crippen LogP contribution < -0.4 is 4.74 Å². The van der Waals surface area contributed by atoms with E-state index in [1.54, 1.807) is 4.90 Å². The van der Waals surface area contributed by atoms with E-state index in [0.717, 1.165) is 15.4 Å². The lowest BCUT2D eigenvalue weighted by Gasteiger charge is -2.38. The first-order valence-electron chi connectivity index (χ1n) is 7.77. The van der Waals surface area contributed by atoms with Gasteiger partial charge in [-0.2, -0.15) is 0 Å². The van der Waals surface area contributed by atoms with Gasteiger partial charge in [0.25, 0.3) is 5.91 Å². The molecule has 1 fully saturated rings. The standard InChI is InChI=1S/C19H15BrN2O2/c20-16-7-3-2-6-15(16)19(23)22-11-14(12-22)24-18-10-9-13-5-1-4-8-17(13)21-18/h1-10,14H,11-12H2. The van der Waals surface area contributed by atoms with Crippen molar-refractivity contribution >= 4 is 32.7 Å². The molecule has 0 spiro atoms. The summed E-state index contributed by atoms with van der Waals surface area (Å²) in [5.41, 5.74) is 1.59. The minimum Gasteiger partial charge on any atom is -0.471 e. The third-order valence-electron chi connectivity index (χ3n) is 4.10. The van der Waals surface area contributed by atoms with Crippen LogP contribution in [0.1, 0.15) is 10.4 Å². The number of likely N-dealkylation sites (tertiary alicyclic amines) is 1. The molecule has 1 aromatic heterocycles. The van der Waals surface area contributed by atoms with Gasteiger partial charge in [0.15, 0.2) is 0 Å². The third kappa shape index (κ3) is 2.87. The number of hydrogen-bond donors (Lipinski definition) is 0. The minimum atomic E-state index is -0.00917. The zero-order valence-electron chi connectivity index (χ0n) is 12.9. The Bertz CT molecular complexity index is 907. The number of hydrogen-bond acceptors (Lipinski definition) is 3. The van der Waals surface area contributed by atoms with Gasteiger partial charge in [-0.05, 0) is 40.2 Å². The molecule has 0 unspecified atom stereocenters. The molecule has 3 aromatic rings. The first-order chi connectivity index (χ1) is 11.7. The smallest absolute Gasteiger partial charge is 0.255 e. The predicted molar refractivity (Wildman–Crippen MR) is 96.2 cm³/mol. The zero-order chi connectivity index (χ0) is 16.5. The lowest BCUT2D eigenvalue weighted by molar-refractivity contribution is 0.0161. The highest BCUT2D eigenvalue weighted by Gasteiger charge is 2.33. The second-order valence-electron chi connectivity index (χ2n) is 5.77. The molecule has 4 rings (SSSR count).